The van der Waals surface area contributed by atoms with Gasteiger partial charge in [0.25, 0.3) is 5.91 Å². The van der Waals surface area contributed by atoms with Gasteiger partial charge in [0.1, 0.15) is 11.7 Å². The number of carbonyl (C=O) groups is 2. The van der Waals surface area contributed by atoms with Gasteiger partial charge >= 0.3 is 0 Å². The molecule has 0 spiro atoms. The fourth-order valence-corrected chi connectivity index (χ4v) is 2.94. The number of rotatable bonds is 2. The molecule has 3 rings (SSSR count). The molecule has 0 saturated carbocycles. The average molecular weight is 306 g/mol. The highest BCUT2D eigenvalue weighted by molar-refractivity contribution is 6.31. The highest BCUT2D eigenvalue weighted by Gasteiger charge is 2.36. The minimum absolute atomic E-state index is 0.0463. The number of nitrogens with one attached hydrogen (secondary N) is 2. The Balaban J connectivity index is 1.82. The van der Waals surface area contributed by atoms with Gasteiger partial charge in [-0.2, -0.15) is 0 Å². The first-order valence-electron chi connectivity index (χ1n) is 6.80. The summed E-state index contributed by atoms with van der Waals surface area (Å²) < 4.78 is 0. The molecular weight excluding hydrogens is 290 g/mol. The van der Waals surface area contributed by atoms with E-state index in [0.29, 0.717) is 17.3 Å². The molecule has 1 fully saturated rings. The number of nitrogens with zero attached hydrogens (tertiary/aromatic N) is 1. The SMILES string of the molecule is C[C@@H]1CN(C)C(=O)[C@H]1NC(=O)c1cc2cc(Cl)ccc2[nH]1. The number of likely N-dealkylation sites (tertiary alicyclic amines) is 1. The maximum Gasteiger partial charge on any atom is 0.268 e. The third-order valence-electron chi connectivity index (χ3n) is 3.89. The van der Waals surface area contributed by atoms with E-state index < -0.39 is 6.04 Å². The van der Waals surface area contributed by atoms with Crippen LogP contribution in [0.5, 0.6) is 0 Å². The van der Waals surface area contributed by atoms with Gasteiger partial charge in [0.15, 0.2) is 0 Å². The number of hydrogen-bond donors (Lipinski definition) is 2. The second-order valence-corrected chi connectivity index (χ2v) is 6.00. The van der Waals surface area contributed by atoms with Gasteiger partial charge in [0, 0.05) is 35.4 Å². The fraction of sp³-hybridized carbons (Fsp3) is 0.333. The lowest BCUT2D eigenvalue weighted by Crippen LogP contribution is -2.43. The molecule has 0 bridgehead atoms. The number of amides is 2. The Morgan fingerprint density at radius 1 is 1.43 bits per heavy atom. The van der Waals surface area contributed by atoms with E-state index >= 15 is 0 Å². The second kappa shape index (κ2) is 5.07. The van der Waals surface area contributed by atoms with E-state index in [4.69, 9.17) is 11.6 Å². The molecule has 1 saturated heterocycles. The van der Waals surface area contributed by atoms with Gasteiger partial charge in [0.05, 0.1) is 0 Å². The highest BCUT2D eigenvalue weighted by atomic mass is 35.5. The largest absolute Gasteiger partial charge is 0.351 e. The molecule has 110 valence electrons. The monoisotopic (exact) mass is 305 g/mol. The topological polar surface area (TPSA) is 65.2 Å². The van der Waals surface area contributed by atoms with Crippen LogP contribution in [0.1, 0.15) is 17.4 Å². The summed E-state index contributed by atoms with van der Waals surface area (Å²) in [5, 5.41) is 4.30. The van der Waals surface area contributed by atoms with Gasteiger partial charge in [-0.1, -0.05) is 18.5 Å². The molecule has 0 unspecified atom stereocenters. The van der Waals surface area contributed by atoms with Crippen LogP contribution in [0.25, 0.3) is 10.9 Å². The number of halogens is 1. The van der Waals surface area contributed by atoms with E-state index in [1.54, 1.807) is 30.1 Å². The van der Waals surface area contributed by atoms with Crippen LogP contribution in [0.2, 0.25) is 5.02 Å². The van der Waals surface area contributed by atoms with Crippen LogP contribution in [0.4, 0.5) is 0 Å². The number of likely N-dealkylation sites (N-methyl/N-ethyl adjacent to an activating group) is 1. The van der Waals surface area contributed by atoms with E-state index in [1.165, 1.54) is 0 Å². The van der Waals surface area contributed by atoms with Crippen molar-refractivity contribution >= 4 is 34.3 Å². The number of H-pyrrole nitrogens is 1. The molecule has 2 N–H and O–H groups in total. The molecule has 1 aliphatic rings. The zero-order valence-corrected chi connectivity index (χ0v) is 12.6. The predicted octanol–water partition coefficient (Wildman–Crippen LogP) is 2.03. The van der Waals surface area contributed by atoms with Gasteiger partial charge in [-0.25, -0.2) is 0 Å². The van der Waals surface area contributed by atoms with Gasteiger partial charge in [-0.05, 0) is 24.3 Å². The number of benzene rings is 1. The molecule has 5 nitrogen and oxygen atoms in total. The van der Waals surface area contributed by atoms with Crippen molar-refractivity contribution in [2.75, 3.05) is 13.6 Å². The molecule has 0 radical (unpaired) electrons. The summed E-state index contributed by atoms with van der Waals surface area (Å²) in [4.78, 5) is 29.0. The van der Waals surface area contributed by atoms with Crippen molar-refractivity contribution in [1.29, 1.82) is 0 Å². The minimum atomic E-state index is -0.461. The molecule has 2 heterocycles. The molecule has 6 heteroatoms. The molecule has 1 aliphatic heterocycles. The van der Waals surface area contributed by atoms with Crippen molar-refractivity contribution in [3.63, 3.8) is 0 Å². The fourth-order valence-electron chi connectivity index (χ4n) is 2.76. The van der Waals surface area contributed by atoms with E-state index in [9.17, 15) is 9.59 Å². The summed E-state index contributed by atoms with van der Waals surface area (Å²) in [6, 6.07) is 6.66. The summed E-state index contributed by atoms with van der Waals surface area (Å²) in [6.45, 7) is 2.61. The van der Waals surface area contributed by atoms with Crippen LogP contribution in [0.15, 0.2) is 24.3 Å². The van der Waals surface area contributed by atoms with Gasteiger partial charge in [0.2, 0.25) is 5.91 Å². The average Bonchev–Trinajstić information content (AvgIpc) is 2.95. The molecule has 2 amide bonds. The Labute approximate surface area is 127 Å². The highest BCUT2D eigenvalue weighted by Crippen LogP contribution is 2.21. The Hall–Kier alpha value is -2.01. The standard InChI is InChI=1S/C15H16ClN3O2/c1-8-7-19(2)15(21)13(8)18-14(20)12-6-9-5-10(16)3-4-11(9)17-12/h3-6,8,13,17H,7H2,1-2H3,(H,18,20)/t8-,13+/m1/s1. The van der Waals surface area contributed by atoms with E-state index in [0.717, 1.165) is 10.9 Å². The normalized spacial score (nSPS) is 22.0. The second-order valence-electron chi connectivity index (χ2n) is 5.56. The Kier molecular flexibility index (Phi) is 3.37. The summed E-state index contributed by atoms with van der Waals surface area (Å²) in [5.41, 5.74) is 1.27. The number of hydrogen-bond acceptors (Lipinski definition) is 2. The molecule has 21 heavy (non-hydrogen) atoms. The quantitative estimate of drug-likeness (QED) is 0.891. The maximum atomic E-state index is 12.3. The molecule has 1 aromatic carbocycles. The van der Waals surface area contributed by atoms with Gasteiger partial charge < -0.3 is 15.2 Å². The third-order valence-corrected chi connectivity index (χ3v) is 4.12. The van der Waals surface area contributed by atoms with Crippen molar-refractivity contribution in [1.82, 2.24) is 15.2 Å². The van der Waals surface area contributed by atoms with Crippen molar-refractivity contribution in [2.24, 2.45) is 5.92 Å². The van der Waals surface area contributed by atoms with Crippen molar-refractivity contribution in [2.45, 2.75) is 13.0 Å². The number of aromatic nitrogens is 1. The number of fused-ring (bicyclic) bond motifs is 1. The molecule has 1 aromatic heterocycles. The van der Waals surface area contributed by atoms with Crippen LogP contribution in [0, 0.1) is 5.92 Å². The summed E-state index contributed by atoms with van der Waals surface area (Å²) in [6.07, 6.45) is 0. The first kappa shape index (κ1) is 13.9. The Morgan fingerprint density at radius 2 is 2.19 bits per heavy atom. The third kappa shape index (κ3) is 2.49. The number of aromatic amines is 1. The first-order chi connectivity index (χ1) is 9.95. The number of carbonyl (C=O) groups excluding carboxylic acids is 2. The molecule has 0 aliphatic carbocycles. The Morgan fingerprint density at radius 3 is 2.86 bits per heavy atom. The van der Waals surface area contributed by atoms with Gasteiger partial charge in [-0.3, -0.25) is 9.59 Å². The van der Waals surface area contributed by atoms with Crippen molar-refractivity contribution in [3.05, 3.63) is 35.0 Å². The Bertz CT molecular complexity index is 725. The van der Waals surface area contributed by atoms with Crippen molar-refractivity contribution in [3.8, 4) is 0 Å². The smallest absolute Gasteiger partial charge is 0.268 e. The lowest BCUT2D eigenvalue weighted by Gasteiger charge is -2.14. The van der Waals surface area contributed by atoms with E-state index in [2.05, 4.69) is 10.3 Å². The molecule has 2 aromatic rings. The van der Waals surface area contributed by atoms with Crippen LogP contribution in [-0.4, -0.2) is 41.3 Å². The zero-order valence-electron chi connectivity index (χ0n) is 11.8. The molecular formula is C15H16ClN3O2. The minimum Gasteiger partial charge on any atom is -0.351 e. The van der Waals surface area contributed by atoms with Crippen LogP contribution in [0.3, 0.4) is 0 Å². The van der Waals surface area contributed by atoms with Crippen LogP contribution < -0.4 is 5.32 Å². The lowest BCUT2D eigenvalue weighted by atomic mass is 10.1. The van der Waals surface area contributed by atoms with Crippen LogP contribution >= 0.6 is 11.6 Å². The lowest BCUT2D eigenvalue weighted by molar-refractivity contribution is -0.128. The van der Waals surface area contributed by atoms with E-state index in [-0.39, 0.29) is 17.7 Å². The van der Waals surface area contributed by atoms with Crippen LogP contribution in [-0.2, 0) is 4.79 Å². The summed E-state index contributed by atoms with van der Waals surface area (Å²) in [5.74, 6) is -0.219. The van der Waals surface area contributed by atoms with Gasteiger partial charge in [-0.15, -0.1) is 0 Å². The van der Waals surface area contributed by atoms with Crippen molar-refractivity contribution < 1.29 is 9.59 Å². The maximum absolute atomic E-state index is 12.3. The summed E-state index contributed by atoms with van der Waals surface area (Å²) >= 11 is 5.93. The molecule has 2 atom stereocenters. The first-order valence-corrected chi connectivity index (χ1v) is 7.17. The van der Waals surface area contributed by atoms with E-state index in [1.807, 2.05) is 13.0 Å². The summed E-state index contributed by atoms with van der Waals surface area (Å²) in [7, 11) is 1.75. The zero-order chi connectivity index (χ0) is 15.1. The predicted molar refractivity (Wildman–Crippen MR) is 81.4 cm³/mol.